The van der Waals surface area contributed by atoms with Gasteiger partial charge in [0.2, 0.25) is 21.8 Å². The fourth-order valence-electron chi connectivity index (χ4n) is 3.35. The number of rotatable bonds is 9. The lowest BCUT2D eigenvalue weighted by Crippen LogP contribution is -2.28. The minimum Gasteiger partial charge on any atom is -0.385 e. The first-order valence-electron chi connectivity index (χ1n) is 10.2. The summed E-state index contributed by atoms with van der Waals surface area (Å²) in [6.07, 6.45) is 0.658. The molecule has 0 aliphatic carbocycles. The topological polar surface area (TPSA) is 105 Å². The van der Waals surface area contributed by atoms with Crippen molar-refractivity contribution < 1.29 is 22.7 Å². The molecule has 1 saturated heterocycles. The van der Waals surface area contributed by atoms with E-state index < -0.39 is 15.9 Å². The van der Waals surface area contributed by atoms with E-state index in [2.05, 4.69) is 10.0 Å². The zero-order valence-electron chi connectivity index (χ0n) is 17.9. The largest absolute Gasteiger partial charge is 0.385 e. The number of carbonyl (C=O) groups excluding carboxylic acids is 2. The minimum atomic E-state index is -3.63. The molecule has 0 bridgehead atoms. The van der Waals surface area contributed by atoms with E-state index in [4.69, 9.17) is 16.3 Å². The number of benzene rings is 2. The predicted molar refractivity (Wildman–Crippen MR) is 123 cm³/mol. The Morgan fingerprint density at radius 3 is 2.59 bits per heavy atom. The molecule has 2 aromatic rings. The van der Waals surface area contributed by atoms with Gasteiger partial charge < -0.3 is 15.0 Å². The number of amides is 2. The number of hydrogen-bond acceptors (Lipinski definition) is 5. The molecule has 10 heteroatoms. The first-order chi connectivity index (χ1) is 15.2. The van der Waals surface area contributed by atoms with Gasteiger partial charge in [-0.15, -0.1) is 0 Å². The summed E-state index contributed by atoms with van der Waals surface area (Å²) >= 11 is 6.16. The molecule has 32 heavy (non-hydrogen) atoms. The summed E-state index contributed by atoms with van der Waals surface area (Å²) in [6, 6.07) is 11.3. The second kappa shape index (κ2) is 10.4. The molecule has 0 spiro atoms. The fourth-order valence-corrected chi connectivity index (χ4v) is 4.60. The molecule has 1 heterocycles. The van der Waals surface area contributed by atoms with E-state index >= 15 is 0 Å². The zero-order chi connectivity index (χ0) is 23.3. The first-order valence-corrected chi connectivity index (χ1v) is 12.0. The molecule has 1 atom stereocenters. The monoisotopic (exact) mass is 479 g/mol. The van der Waals surface area contributed by atoms with Crippen LogP contribution in [0.25, 0.3) is 0 Å². The molecule has 8 nitrogen and oxygen atoms in total. The number of ether oxygens (including phenoxy) is 1. The van der Waals surface area contributed by atoms with Crippen LogP contribution in [0.5, 0.6) is 0 Å². The number of nitrogens with one attached hydrogen (secondary N) is 2. The summed E-state index contributed by atoms with van der Waals surface area (Å²) in [5.74, 6) is -0.966. The summed E-state index contributed by atoms with van der Waals surface area (Å²) in [6.45, 7) is 2.86. The molecular formula is C22H26ClN3O5S. The van der Waals surface area contributed by atoms with Gasteiger partial charge in [-0.1, -0.05) is 17.7 Å². The van der Waals surface area contributed by atoms with Gasteiger partial charge in [0.1, 0.15) is 0 Å². The van der Waals surface area contributed by atoms with Crippen LogP contribution in [0.4, 0.5) is 11.4 Å². The number of carbonyl (C=O) groups is 2. The molecule has 0 radical (unpaired) electrons. The lowest BCUT2D eigenvalue weighted by atomic mass is 10.1. The highest BCUT2D eigenvalue weighted by molar-refractivity contribution is 7.89. The molecule has 1 unspecified atom stereocenters. The average molecular weight is 480 g/mol. The second-order valence-electron chi connectivity index (χ2n) is 7.60. The zero-order valence-corrected chi connectivity index (χ0v) is 19.5. The Morgan fingerprint density at radius 1 is 1.22 bits per heavy atom. The van der Waals surface area contributed by atoms with E-state index in [1.54, 1.807) is 18.1 Å². The third-order valence-electron chi connectivity index (χ3n) is 5.21. The number of nitrogens with zero attached hydrogens (tertiary/aromatic N) is 1. The number of hydrogen-bond donors (Lipinski definition) is 2. The van der Waals surface area contributed by atoms with E-state index in [0.29, 0.717) is 29.4 Å². The van der Waals surface area contributed by atoms with Crippen molar-refractivity contribution in [3.63, 3.8) is 0 Å². The summed E-state index contributed by atoms with van der Waals surface area (Å²) in [7, 11) is -2.08. The molecule has 0 aromatic heterocycles. The van der Waals surface area contributed by atoms with Gasteiger partial charge in [0.25, 0.3) is 0 Å². The standard InChI is InChI=1S/C22H26ClN3O5S/c1-15-4-7-18(13-20(15)23)26-14-16(12-21(26)27)22(28)25-17-5-8-19(9-6-17)32(29,30)24-10-3-11-31-2/h4-9,13,16,24H,3,10-12,14H2,1-2H3,(H,25,28). The van der Waals surface area contributed by atoms with Crippen LogP contribution in [-0.2, 0) is 24.3 Å². The van der Waals surface area contributed by atoms with Gasteiger partial charge in [-0.05, 0) is 55.3 Å². The lowest BCUT2D eigenvalue weighted by molar-refractivity contribution is -0.122. The minimum absolute atomic E-state index is 0.0924. The molecule has 2 aromatic carbocycles. The van der Waals surface area contributed by atoms with Crippen molar-refractivity contribution in [3.05, 3.63) is 53.1 Å². The molecule has 1 fully saturated rings. The molecule has 1 aliphatic heterocycles. The Labute approximate surface area is 192 Å². The van der Waals surface area contributed by atoms with Gasteiger partial charge in [0, 0.05) is 49.6 Å². The molecule has 2 N–H and O–H groups in total. The van der Waals surface area contributed by atoms with E-state index in [1.165, 1.54) is 24.3 Å². The summed E-state index contributed by atoms with van der Waals surface area (Å²) in [5.41, 5.74) is 2.03. The van der Waals surface area contributed by atoms with E-state index in [9.17, 15) is 18.0 Å². The number of methoxy groups -OCH3 is 1. The van der Waals surface area contributed by atoms with Gasteiger partial charge in [-0.25, -0.2) is 13.1 Å². The number of aryl methyl sites for hydroxylation is 1. The quantitative estimate of drug-likeness (QED) is 0.538. The third kappa shape index (κ3) is 5.86. The maximum Gasteiger partial charge on any atom is 0.240 e. The van der Waals surface area contributed by atoms with E-state index in [1.807, 2.05) is 19.1 Å². The van der Waals surface area contributed by atoms with Crippen molar-refractivity contribution in [1.29, 1.82) is 0 Å². The maximum absolute atomic E-state index is 12.7. The molecule has 2 amide bonds. The van der Waals surface area contributed by atoms with Crippen LogP contribution < -0.4 is 14.9 Å². The Morgan fingerprint density at radius 2 is 1.94 bits per heavy atom. The normalized spacial score (nSPS) is 16.4. The van der Waals surface area contributed by atoms with Gasteiger partial charge in [-0.3, -0.25) is 9.59 Å². The Balaban J connectivity index is 1.60. The van der Waals surface area contributed by atoms with Gasteiger partial charge >= 0.3 is 0 Å². The highest BCUT2D eigenvalue weighted by Gasteiger charge is 2.35. The smallest absolute Gasteiger partial charge is 0.240 e. The SMILES string of the molecule is COCCCNS(=O)(=O)c1ccc(NC(=O)C2CC(=O)N(c3ccc(C)c(Cl)c3)C2)cc1. The van der Waals surface area contributed by atoms with Crippen molar-refractivity contribution in [2.24, 2.45) is 5.92 Å². The molecular weight excluding hydrogens is 454 g/mol. The van der Waals surface area contributed by atoms with Crippen molar-refractivity contribution >= 4 is 44.8 Å². The number of sulfonamides is 1. The summed E-state index contributed by atoms with van der Waals surface area (Å²) in [5, 5.41) is 3.32. The lowest BCUT2D eigenvalue weighted by Gasteiger charge is -2.17. The molecule has 3 rings (SSSR count). The van der Waals surface area contributed by atoms with Gasteiger partial charge in [0.15, 0.2) is 0 Å². The Kier molecular flexibility index (Phi) is 7.89. The van der Waals surface area contributed by atoms with Crippen molar-refractivity contribution in [2.75, 3.05) is 37.0 Å². The van der Waals surface area contributed by atoms with Crippen molar-refractivity contribution in [3.8, 4) is 0 Å². The maximum atomic E-state index is 12.7. The number of halogens is 1. The second-order valence-corrected chi connectivity index (χ2v) is 9.77. The predicted octanol–water partition coefficient (Wildman–Crippen LogP) is 2.95. The van der Waals surface area contributed by atoms with Crippen LogP contribution in [0.1, 0.15) is 18.4 Å². The molecule has 172 valence electrons. The Bertz CT molecular complexity index is 1090. The van der Waals surface area contributed by atoms with Crippen LogP contribution in [-0.4, -0.2) is 47.0 Å². The summed E-state index contributed by atoms with van der Waals surface area (Å²) in [4.78, 5) is 26.8. The number of anilines is 2. The van der Waals surface area contributed by atoms with E-state index in [-0.39, 0.29) is 36.2 Å². The Hall–Kier alpha value is -2.46. The van der Waals surface area contributed by atoms with Gasteiger partial charge in [0.05, 0.1) is 10.8 Å². The van der Waals surface area contributed by atoms with Crippen LogP contribution >= 0.6 is 11.6 Å². The van der Waals surface area contributed by atoms with Crippen molar-refractivity contribution in [1.82, 2.24) is 4.72 Å². The van der Waals surface area contributed by atoms with Crippen LogP contribution in [0.15, 0.2) is 47.4 Å². The van der Waals surface area contributed by atoms with Crippen LogP contribution in [0.3, 0.4) is 0 Å². The molecule has 1 aliphatic rings. The van der Waals surface area contributed by atoms with Gasteiger partial charge in [-0.2, -0.15) is 0 Å². The average Bonchev–Trinajstić information content (AvgIpc) is 3.15. The van der Waals surface area contributed by atoms with Crippen LogP contribution in [0.2, 0.25) is 5.02 Å². The van der Waals surface area contributed by atoms with Crippen molar-refractivity contribution in [2.45, 2.75) is 24.7 Å². The third-order valence-corrected chi connectivity index (χ3v) is 7.10. The van der Waals surface area contributed by atoms with E-state index in [0.717, 1.165) is 5.56 Å². The molecule has 0 saturated carbocycles. The fraction of sp³-hybridized carbons (Fsp3) is 0.364. The highest BCUT2D eigenvalue weighted by atomic mass is 35.5. The first kappa shape index (κ1) is 24.2. The highest BCUT2D eigenvalue weighted by Crippen LogP contribution is 2.29. The summed E-state index contributed by atoms with van der Waals surface area (Å²) < 4.78 is 32.0. The van der Waals surface area contributed by atoms with Crippen LogP contribution in [0, 0.1) is 12.8 Å².